The topological polar surface area (TPSA) is 110 Å². The van der Waals surface area contributed by atoms with Gasteiger partial charge in [0.25, 0.3) is 11.5 Å². The molecule has 0 unspecified atom stereocenters. The van der Waals surface area contributed by atoms with Gasteiger partial charge in [-0.05, 0) is 31.9 Å². The maximum atomic E-state index is 12.6. The third-order valence-electron chi connectivity index (χ3n) is 5.56. The molecule has 29 heavy (non-hydrogen) atoms. The fraction of sp³-hybridized carbons (Fsp3) is 0.450. The monoisotopic (exact) mass is 398 g/mol. The van der Waals surface area contributed by atoms with E-state index in [1.165, 1.54) is 10.5 Å². The Morgan fingerprint density at radius 3 is 2.76 bits per heavy atom. The summed E-state index contributed by atoms with van der Waals surface area (Å²) in [7, 11) is 0. The fourth-order valence-corrected chi connectivity index (χ4v) is 4.06. The van der Waals surface area contributed by atoms with Crippen molar-refractivity contribution in [2.75, 3.05) is 6.54 Å². The molecule has 4 rings (SSSR count). The number of amides is 3. The SMILES string of the molecule is Cc1cccc2nc(COC(=O)CCN3C(=O)NC4(CCCC4)C3=O)cc(=O)n12. The largest absolute Gasteiger partial charge is 0.459 e. The van der Waals surface area contributed by atoms with Crippen LogP contribution in [-0.2, 0) is 20.9 Å². The van der Waals surface area contributed by atoms with Crippen LogP contribution >= 0.6 is 0 Å². The third kappa shape index (κ3) is 3.48. The number of esters is 1. The number of ether oxygens (including phenoxy) is 1. The molecule has 152 valence electrons. The minimum Gasteiger partial charge on any atom is -0.459 e. The Hall–Kier alpha value is -3.23. The van der Waals surface area contributed by atoms with E-state index < -0.39 is 17.5 Å². The Bertz CT molecular complexity index is 1050. The molecule has 3 amide bonds. The number of aryl methyl sites for hydroxylation is 1. The molecule has 2 aliphatic rings. The number of aromatic nitrogens is 2. The van der Waals surface area contributed by atoms with Crippen LogP contribution in [-0.4, -0.2) is 44.3 Å². The van der Waals surface area contributed by atoms with Crippen LogP contribution in [0.4, 0.5) is 4.79 Å². The molecule has 3 heterocycles. The van der Waals surface area contributed by atoms with E-state index in [0.717, 1.165) is 23.4 Å². The molecule has 0 aromatic carbocycles. The molecule has 2 aromatic rings. The maximum absolute atomic E-state index is 12.6. The predicted octanol–water partition coefficient (Wildman–Crippen LogP) is 1.30. The first-order chi connectivity index (χ1) is 13.9. The predicted molar refractivity (Wildman–Crippen MR) is 102 cm³/mol. The van der Waals surface area contributed by atoms with Crippen molar-refractivity contribution in [1.29, 1.82) is 0 Å². The number of carbonyl (C=O) groups excluding carboxylic acids is 3. The fourth-order valence-electron chi connectivity index (χ4n) is 4.06. The normalized spacial score (nSPS) is 17.9. The van der Waals surface area contributed by atoms with Crippen molar-refractivity contribution in [3.8, 4) is 0 Å². The number of hydrogen-bond acceptors (Lipinski definition) is 6. The minimum absolute atomic E-state index is 0.0295. The summed E-state index contributed by atoms with van der Waals surface area (Å²) in [5.74, 6) is -0.823. The van der Waals surface area contributed by atoms with Crippen molar-refractivity contribution in [3.63, 3.8) is 0 Å². The van der Waals surface area contributed by atoms with Crippen molar-refractivity contribution < 1.29 is 19.1 Å². The standard InChI is InChI=1S/C20H22N4O5/c1-13-5-4-6-15-21-14(11-16(25)24(13)15)12-29-17(26)7-10-23-18(27)20(22-19(23)28)8-2-3-9-20/h4-6,11H,2-3,7-10,12H2,1H3,(H,22,28). The van der Waals surface area contributed by atoms with E-state index in [-0.39, 0.29) is 31.0 Å². The molecule has 1 spiro atoms. The molecule has 1 saturated carbocycles. The van der Waals surface area contributed by atoms with E-state index in [0.29, 0.717) is 24.2 Å². The van der Waals surface area contributed by atoms with Gasteiger partial charge < -0.3 is 10.1 Å². The van der Waals surface area contributed by atoms with E-state index in [9.17, 15) is 19.2 Å². The lowest BCUT2D eigenvalue weighted by atomic mass is 9.98. The summed E-state index contributed by atoms with van der Waals surface area (Å²) in [4.78, 5) is 54.5. The first kappa shape index (κ1) is 19.1. The molecule has 0 bridgehead atoms. The Balaban J connectivity index is 1.35. The lowest BCUT2D eigenvalue weighted by molar-refractivity contribution is -0.145. The lowest BCUT2D eigenvalue weighted by Gasteiger charge is -2.19. The van der Waals surface area contributed by atoms with Gasteiger partial charge in [0.1, 0.15) is 17.8 Å². The second-order valence-corrected chi connectivity index (χ2v) is 7.53. The van der Waals surface area contributed by atoms with Crippen LogP contribution in [0.25, 0.3) is 5.65 Å². The second kappa shape index (κ2) is 7.31. The van der Waals surface area contributed by atoms with Gasteiger partial charge in [0.05, 0.1) is 12.1 Å². The Labute approximate surface area is 166 Å². The number of carbonyl (C=O) groups is 3. The number of fused-ring (bicyclic) bond motifs is 1. The van der Waals surface area contributed by atoms with Crippen molar-refractivity contribution >= 4 is 23.6 Å². The summed E-state index contributed by atoms with van der Waals surface area (Å²) in [5, 5.41) is 2.78. The number of nitrogens with one attached hydrogen (secondary N) is 1. The Morgan fingerprint density at radius 2 is 2.00 bits per heavy atom. The van der Waals surface area contributed by atoms with E-state index in [4.69, 9.17) is 4.74 Å². The molecule has 1 N–H and O–H groups in total. The molecule has 2 aromatic heterocycles. The minimum atomic E-state index is -0.781. The van der Waals surface area contributed by atoms with Gasteiger partial charge in [-0.3, -0.25) is 23.7 Å². The van der Waals surface area contributed by atoms with Crippen molar-refractivity contribution in [2.24, 2.45) is 0 Å². The molecular formula is C20H22N4O5. The molecule has 0 radical (unpaired) electrons. The molecule has 9 heteroatoms. The zero-order valence-electron chi connectivity index (χ0n) is 16.1. The summed E-state index contributed by atoms with van der Waals surface area (Å²) in [5.41, 5.74) is 0.548. The molecular weight excluding hydrogens is 376 g/mol. The number of imide groups is 1. The van der Waals surface area contributed by atoms with Gasteiger partial charge in [0.15, 0.2) is 0 Å². The summed E-state index contributed by atoms with van der Waals surface area (Å²) < 4.78 is 6.66. The molecule has 1 saturated heterocycles. The van der Waals surface area contributed by atoms with Crippen LogP contribution < -0.4 is 10.9 Å². The number of hydrogen-bond donors (Lipinski definition) is 1. The van der Waals surface area contributed by atoms with Crippen LogP contribution in [0.15, 0.2) is 29.1 Å². The maximum Gasteiger partial charge on any atom is 0.325 e. The van der Waals surface area contributed by atoms with Crippen LogP contribution in [0, 0.1) is 6.92 Å². The lowest BCUT2D eigenvalue weighted by Crippen LogP contribution is -2.44. The highest BCUT2D eigenvalue weighted by Gasteiger charge is 2.52. The highest BCUT2D eigenvalue weighted by Crippen LogP contribution is 2.35. The molecule has 1 aliphatic carbocycles. The zero-order valence-corrected chi connectivity index (χ0v) is 16.1. The van der Waals surface area contributed by atoms with Gasteiger partial charge in [-0.15, -0.1) is 0 Å². The van der Waals surface area contributed by atoms with Gasteiger partial charge in [-0.2, -0.15) is 0 Å². The first-order valence-corrected chi connectivity index (χ1v) is 9.68. The number of pyridine rings is 1. The number of nitrogens with zero attached hydrogens (tertiary/aromatic N) is 3. The van der Waals surface area contributed by atoms with E-state index in [1.54, 1.807) is 25.1 Å². The second-order valence-electron chi connectivity index (χ2n) is 7.53. The molecule has 2 fully saturated rings. The van der Waals surface area contributed by atoms with E-state index >= 15 is 0 Å². The highest BCUT2D eigenvalue weighted by molar-refractivity contribution is 6.07. The Kier molecular flexibility index (Phi) is 4.81. The van der Waals surface area contributed by atoms with E-state index in [2.05, 4.69) is 10.3 Å². The van der Waals surface area contributed by atoms with Crippen molar-refractivity contribution in [3.05, 3.63) is 46.0 Å². The van der Waals surface area contributed by atoms with E-state index in [1.807, 2.05) is 0 Å². The highest BCUT2D eigenvalue weighted by atomic mass is 16.5. The molecule has 0 atom stereocenters. The molecule has 9 nitrogen and oxygen atoms in total. The third-order valence-corrected chi connectivity index (χ3v) is 5.56. The van der Waals surface area contributed by atoms with Crippen molar-refractivity contribution in [2.45, 2.75) is 51.2 Å². The summed E-state index contributed by atoms with van der Waals surface area (Å²) in [6.07, 6.45) is 2.98. The van der Waals surface area contributed by atoms with Gasteiger partial charge >= 0.3 is 12.0 Å². The van der Waals surface area contributed by atoms with Gasteiger partial charge in [-0.25, -0.2) is 9.78 Å². The number of rotatable bonds is 5. The summed E-state index contributed by atoms with van der Waals surface area (Å²) >= 11 is 0. The first-order valence-electron chi connectivity index (χ1n) is 9.68. The smallest absolute Gasteiger partial charge is 0.325 e. The van der Waals surface area contributed by atoms with Crippen molar-refractivity contribution in [1.82, 2.24) is 19.6 Å². The van der Waals surface area contributed by atoms with Crippen LogP contribution in [0.5, 0.6) is 0 Å². The zero-order chi connectivity index (χ0) is 20.6. The van der Waals surface area contributed by atoms with Gasteiger partial charge in [0, 0.05) is 18.3 Å². The van der Waals surface area contributed by atoms with Crippen LogP contribution in [0.3, 0.4) is 0 Å². The Morgan fingerprint density at radius 1 is 1.24 bits per heavy atom. The van der Waals surface area contributed by atoms with Gasteiger partial charge in [0.2, 0.25) is 0 Å². The summed E-state index contributed by atoms with van der Waals surface area (Å²) in [6, 6.07) is 6.18. The van der Waals surface area contributed by atoms with Gasteiger partial charge in [-0.1, -0.05) is 18.9 Å². The van der Waals surface area contributed by atoms with Crippen LogP contribution in [0.1, 0.15) is 43.5 Å². The number of urea groups is 1. The molecule has 1 aliphatic heterocycles. The summed E-state index contributed by atoms with van der Waals surface area (Å²) in [6.45, 7) is 1.63. The van der Waals surface area contributed by atoms with Crippen LogP contribution in [0.2, 0.25) is 0 Å². The average Bonchev–Trinajstić information content (AvgIpc) is 3.24. The quantitative estimate of drug-likeness (QED) is 0.601. The average molecular weight is 398 g/mol.